The number of anilines is 2. The number of carbonyl (C=O) groups is 2. The van der Waals surface area contributed by atoms with Crippen LogP contribution in [0.25, 0.3) is 5.57 Å². The van der Waals surface area contributed by atoms with Crippen LogP contribution in [0.4, 0.5) is 11.4 Å². The van der Waals surface area contributed by atoms with Crippen molar-refractivity contribution in [3.8, 4) is 0 Å². The molecular formula is C28H30N4O2. The zero-order valence-electron chi connectivity index (χ0n) is 20.1. The van der Waals surface area contributed by atoms with Gasteiger partial charge in [0.1, 0.15) is 5.70 Å². The molecule has 1 aliphatic heterocycles. The highest BCUT2D eigenvalue weighted by Crippen LogP contribution is 2.33. The Hall–Kier alpha value is -3.93. The largest absolute Gasteiger partial charge is 0.372 e. The van der Waals surface area contributed by atoms with Crippen molar-refractivity contribution in [2.45, 2.75) is 34.2 Å². The van der Waals surface area contributed by atoms with E-state index < -0.39 is 0 Å². The molecule has 3 aromatic rings. The van der Waals surface area contributed by atoms with Crippen LogP contribution in [0.15, 0.2) is 72.7 Å². The molecule has 34 heavy (non-hydrogen) atoms. The fourth-order valence-corrected chi connectivity index (χ4v) is 4.34. The Morgan fingerprint density at radius 3 is 2.29 bits per heavy atom. The Kier molecular flexibility index (Phi) is 6.77. The van der Waals surface area contributed by atoms with Gasteiger partial charge in [0.2, 0.25) is 0 Å². The predicted molar refractivity (Wildman–Crippen MR) is 136 cm³/mol. The van der Waals surface area contributed by atoms with Crippen molar-refractivity contribution in [3.05, 3.63) is 94.9 Å². The van der Waals surface area contributed by atoms with Crippen LogP contribution in [0.5, 0.6) is 0 Å². The molecule has 0 atom stereocenters. The number of aromatic nitrogens is 1. The number of nitrogens with zero attached hydrogens (tertiary/aromatic N) is 3. The summed E-state index contributed by atoms with van der Waals surface area (Å²) in [6.07, 6.45) is 3.35. The molecule has 6 heteroatoms. The van der Waals surface area contributed by atoms with E-state index in [9.17, 15) is 9.59 Å². The molecule has 174 valence electrons. The molecular weight excluding hydrogens is 424 g/mol. The average molecular weight is 455 g/mol. The minimum Gasteiger partial charge on any atom is -0.372 e. The number of carbonyl (C=O) groups excluding carboxylic acids is 2. The summed E-state index contributed by atoms with van der Waals surface area (Å²) in [5.41, 5.74) is 6.20. The van der Waals surface area contributed by atoms with Gasteiger partial charge in [-0.3, -0.25) is 19.5 Å². The average Bonchev–Trinajstić information content (AvgIpc) is 3.06. The van der Waals surface area contributed by atoms with E-state index in [2.05, 4.69) is 29.0 Å². The Morgan fingerprint density at radius 1 is 0.941 bits per heavy atom. The number of benzene rings is 2. The number of hydrogen-bond donors (Lipinski definition) is 1. The molecule has 2 heterocycles. The van der Waals surface area contributed by atoms with Crippen molar-refractivity contribution in [3.63, 3.8) is 0 Å². The number of nitrogens with one attached hydrogen (secondary N) is 1. The molecule has 1 N–H and O–H groups in total. The minimum absolute atomic E-state index is 0.173. The fraction of sp³-hybridized carbons (Fsp3) is 0.250. The monoisotopic (exact) mass is 454 g/mol. The minimum atomic E-state index is -0.336. The molecule has 0 unspecified atom stereocenters. The third kappa shape index (κ3) is 4.57. The van der Waals surface area contributed by atoms with E-state index >= 15 is 0 Å². The summed E-state index contributed by atoms with van der Waals surface area (Å²) >= 11 is 0. The molecule has 2 aromatic carbocycles. The second-order valence-corrected chi connectivity index (χ2v) is 8.47. The van der Waals surface area contributed by atoms with Crippen molar-refractivity contribution >= 4 is 28.8 Å². The van der Waals surface area contributed by atoms with Crippen LogP contribution in [0, 0.1) is 13.8 Å². The molecule has 1 aliphatic rings. The highest BCUT2D eigenvalue weighted by atomic mass is 16.2. The van der Waals surface area contributed by atoms with Crippen LogP contribution in [-0.4, -0.2) is 34.8 Å². The van der Waals surface area contributed by atoms with E-state index in [1.54, 1.807) is 18.5 Å². The predicted octanol–water partition coefficient (Wildman–Crippen LogP) is 4.94. The van der Waals surface area contributed by atoms with Crippen molar-refractivity contribution in [1.82, 2.24) is 9.88 Å². The molecule has 0 radical (unpaired) electrons. The van der Waals surface area contributed by atoms with Crippen molar-refractivity contribution in [2.24, 2.45) is 0 Å². The number of pyridine rings is 1. The molecule has 0 spiro atoms. The van der Waals surface area contributed by atoms with Crippen LogP contribution in [-0.2, 0) is 16.1 Å². The normalized spacial score (nSPS) is 13.6. The molecule has 0 saturated carbocycles. The van der Waals surface area contributed by atoms with Gasteiger partial charge >= 0.3 is 0 Å². The van der Waals surface area contributed by atoms with Crippen LogP contribution in [0.2, 0.25) is 0 Å². The van der Waals surface area contributed by atoms with Crippen LogP contribution in [0.3, 0.4) is 0 Å². The van der Waals surface area contributed by atoms with Crippen LogP contribution >= 0.6 is 0 Å². The first-order chi connectivity index (χ1) is 16.4. The molecule has 0 fully saturated rings. The van der Waals surface area contributed by atoms with E-state index in [1.165, 1.54) is 4.90 Å². The van der Waals surface area contributed by atoms with E-state index in [1.807, 2.05) is 62.4 Å². The van der Waals surface area contributed by atoms with Gasteiger partial charge in [-0.2, -0.15) is 0 Å². The fourth-order valence-electron chi connectivity index (χ4n) is 4.34. The summed E-state index contributed by atoms with van der Waals surface area (Å²) in [4.78, 5) is 34.7. The van der Waals surface area contributed by atoms with Gasteiger partial charge in [-0.1, -0.05) is 29.8 Å². The van der Waals surface area contributed by atoms with Crippen LogP contribution < -0.4 is 10.2 Å². The van der Waals surface area contributed by atoms with E-state index in [-0.39, 0.29) is 18.4 Å². The van der Waals surface area contributed by atoms with E-state index in [0.29, 0.717) is 11.3 Å². The molecule has 0 aliphatic carbocycles. The van der Waals surface area contributed by atoms with Gasteiger partial charge < -0.3 is 10.2 Å². The summed E-state index contributed by atoms with van der Waals surface area (Å²) < 4.78 is 0. The summed E-state index contributed by atoms with van der Waals surface area (Å²) in [5.74, 6) is -0.639. The number of aryl methyl sites for hydroxylation is 2. The van der Waals surface area contributed by atoms with Gasteiger partial charge in [-0.15, -0.1) is 0 Å². The Morgan fingerprint density at radius 2 is 1.68 bits per heavy atom. The van der Waals surface area contributed by atoms with E-state index in [4.69, 9.17) is 0 Å². The number of rotatable bonds is 8. The zero-order chi connectivity index (χ0) is 24.2. The molecule has 1 aromatic heterocycles. The molecule has 2 amide bonds. The maximum Gasteiger partial charge on any atom is 0.278 e. The van der Waals surface area contributed by atoms with Gasteiger partial charge in [0.25, 0.3) is 11.8 Å². The van der Waals surface area contributed by atoms with Gasteiger partial charge in [0.05, 0.1) is 12.1 Å². The maximum atomic E-state index is 13.6. The Bertz CT molecular complexity index is 1230. The first-order valence-electron chi connectivity index (χ1n) is 11.6. The van der Waals surface area contributed by atoms with Crippen molar-refractivity contribution in [1.29, 1.82) is 0 Å². The number of imide groups is 1. The van der Waals surface area contributed by atoms with Gasteiger partial charge in [0, 0.05) is 36.9 Å². The molecule has 6 nitrogen and oxygen atoms in total. The second kappa shape index (κ2) is 9.91. The van der Waals surface area contributed by atoms with Crippen LogP contribution in [0.1, 0.15) is 36.1 Å². The summed E-state index contributed by atoms with van der Waals surface area (Å²) in [6, 6.07) is 17.5. The summed E-state index contributed by atoms with van der Waals surface area (Å²) in [6.45, 7) is 10.2. The quantitative estimate of drug-likeness (QED) is 0.489. The lowest BCUT2D eigenvalue weighted by Crippen LogP contribution is -2.32. The summed E-state index contributed by atoms with van der Waals surface area (Å²) in [7, 11) is 0. The standard InChI is InChI=1S/C28H30N4O2/c1-5-31(6-2)23-12-10-22(11-13-23)30-26-25(24-14-9-19(3)16-20(24)4)27(33)32(28(26)34)18-21-8-7-15-29-17-21/h7-17,30H,5-6,18H2,1-4H3. The lowest BCUT2D eigenvalue weighted by Gasteiger charge is -2.21. The first kappa shape index (κ1) is 23.2. The van der Waals surface area contributed by atoms with Gasteiger partial charge in [-0.25, -0.2) is 0 Å². The lowest BCUT2D eigenvalue weighted by molar-refractivity contribution is -0.137. The molecule has 0 bridgehead atoms. The third-order valence-electron chi connectivity index (χ3n) is 6.15. The lowest BCUT2D eigenvalue weighted by atomic mass is 9.97. The van der Waals surface area contributed by atoms with Crippen molar-refractivity contribution < 1.29 is 9.59 Å². The summed E-state index contributed by atoms with van der Waals surface area (Å²) in [5, 5.41) is 3.26. The highest BCUT2D eigenvalue weighted by Gasteiger charge is 2.39. The topological polar surface area (TPSA) is 65.5 Å². The van der Waals surface area contributed by atoms with E-state index in [0.717, 1.165) is 46.7 Å². The Balaban J connectivity index is 1.72. The zero-order valence-corrected chi connectivity index (χ0v) is 20.1. The number of hydrogen-bond acceptors (Lipinski definition) is 5. The Labute approximate surface area is 200 Å². The first-order valence-corrected chi connectivity index (χ1v) is 11.6. The number of amides is 2. The maximum absolute atomic E-state index is 13.6. The highest BCUT2D eigenvalue weighted by molar-refractivity contribution is 6.36. The van der Waals surface area contributed by atoms with Gasteiger partial charge in [-0.05, 0) is 74.7 Å². The SMILES string of the molecule is CCN(CC)c1ccc(NC2=C(c3ccc(C)cc3C)C(=O)N(Cc3cccnc3)C2=O)cc1. The third-order valence-corrected chi connectivity index (χ3v) is 6.15. The second-order valence-electron chi connectivity index (χ2n) is 8.47. The van der Waals surface area contributed by atoms with Crippen molar-refractivity contribution in [2.75, 3.05) is 23.3 Å². The molecule has 0 saturated heterocycles. The van der Waals surface area contributed by atoms with Gasteiger partial charge in [0.15, 0.2) is 0 Å². The smallest absolute Gasteiger partial charge is 0.278 e. The molecule has 4 rings (SSSR count).